The third kappa shape index (κ3) is 7.45. The fourth-order valence-electron chi connectivity index (χ4n) is 2.73. The van der Waals surface area contributed by atoms with Gasteiger partial charge in [-0.05, 0) is 59.2 Å². The van der Waals surface area contributed by atoms with E-state index in [2.05, 4.69) is 24.1 Å². The van der Waals surface area contributed by atoms with E-state index >= 15 is 0 Å². The Balaban J connectivity index is 2.16. The number of carbonyl (C=O) groups is 1. The quantitative estimate of drug-likeness (QED) is 0.734. The Bertz CT molecular complexity index is 316. The van der Waals surface area contributed by atoms with Crippen molar-refractivity contribution in [2.24, 2.45) is 5.92 Å². The second-order valence-electron chi connectivity index (χ2n) is 7.14. The van der Waals surface area contributed by atoms with E-state index in [4.69, 9.17) is 4.74 Å². The van der Waals surface area contributed by atoms with Gasteiger partial charge in [0.2, 0.25) is 0 Å². The predicted octanol–water partition coefficient (Wildman–Crippen LogP) is 2.56. The van der Waals surface area contributed by atoms with Crippen LogP contribution in [0.3, 0.4) is 0 Å². The van der Waals surface area contributed by atoms with E-state index in [1.807, 2.05) is 25.7 Å². The van der Waals surface area contributed by atoms with Crippen molar-refractivity contribution < 1.29 is 9.53 Å². The molecule has 1 saturated heterocycles. The number of hydrogen-bond donors (Lipinski definition) is 1. The van der Waals surface area contributed by atoms with Crippen LogP contribution in [0.2, 0.25) is 0 Å². The van der Waals surface area contributed by atoms with E-state index in [9.17, 15) is 4.79 Å². The maximum Gasteiger partial charge on any atom is 0.410 e. The maximum atomic E-state index is 12.0. The van der Waals surface area contributed by atoms with Gasteiger partial charge in [-0.3, -0.25) is 0 Å². The minimum atomic E-state index is -0.403. The van der Waals surface area contributed by atoms with Gasteiger partial charge in [0.05, 0.1) is 0 Å². The van der Waals surface area contributed by atoms with Gasteiger partial charge in [-0.2, -0.15) is 0 Å². The molecule has 1 N–H and O–H groups in total. The fraction of sp³-hybridized carbons (Fsp3) is 0.941. The van der Waals surface area contributed by atoms with Gasteiger partial charge in [0.15, 0.2) is 0 Å². The number of piperidine rings is 1. The van der Waals surface area contributed by atoms with Gasteiger partial charge in [-0.25, -0.2) is 4.79 Å². The van der Waals surface area contributed by atoms with E-state index in [0.717, 1.165) is 58.7 Å². The Hall–Kier alpha value is -0.810. The zero-order valence-electron chi connectivity index (χ0n) is 15.2. The van der Waals surface area contributed by atoms with Crippen molar-refractivity contribution >= 4 is 6.09 Å². The average molecular weight is 313 g/mol. The lowest BCUT2D eigenvalue weighted by molar-refractivity contribution is 0.0184. The molecule has 1 aliphatic heterocycles. The van der Waals surface area contributed by atoms with Crippen LogP contribution < -0.4 is 5.32 Å². The lowest BCUT2D eigenvalue weighted by atomic mass is 9.97. The third-order valence-electron chi connectivity index (χ3n) is 4.20. The Morgan fingerprint density at radius 3 is 2.32 bits per heavy atom. The van der Waals surface area contributed by atoms with E-state index in [0.29, 0.717) is 5.92 Å². The van der Waals surface area contributed by atoms with Crippen LogP contribution in [0.5, 0.6) is 0 Å². The normalized spacial score (nSPS) is 17.1. The number of carbonyl (C=O) groups excluding carboxylic acids is 1. The maximum absolute atomic E-state index is 12.0. The van der Waals surface area contributed by atoms with Crippen molar-refractivity contribution in [2.75, 3.05) is 45.8 Å². The van der Waals surface area contributed by atoms with E-state index in [-0.39, 0.29) is 6.09 Å². The number of nitrogens with zero attached hydrogens (tertiary/aromatic N) is 2. The molecule has 5 nitrogen and oxygen atoms in total. The zero-order valence-corrected chi connectivity index (χ0v) is 15.2. The topological polar surface area (TPSA) is 44.8 Å². The molecule has 0 spiro atoms. The number of rotatable bonds is 7. The van der Waals surface area contributed by atoms with Crippen LogP contribution in [0.15, 0.2) is 0 Å². The first-order valence-corrected chi connectivity index (χ1v) is 8.76. The molecule has 0 saturated carbocycles. The van der Waals surface area contributed by atoms with E-state index in [1.165, 1.54) is 0 Å². The highest BCUT2D eigenvalue weighted by Gasteiger charge is 2.26. The van der Waals surface area contributed by atoms with Crippen molar-refractivity contribution in [3.63, 3.8) is 0 Å². The van der Waals surface area contributed by atoms with Crippen LogP contribution in [-0.4, -0.2) is 67.3 Å². The Morgan fingerprint density at radius 1 is 1.23 bits per heavy atom. The summed E-state index contributed by atoms with van der Waals surface area (Å²) in [6, 6.07) is 0. The molecule has 0 aromatic carbocycles. The highest BCUT2D eigenvalue weighted by atomic mass is 16.6. The molecule has 0 aromatic rings. The minimum absolute atomic E-state index is 0.166. The van der Waals surface area contributed by atoms with Gasteiger partial charge in [0, 0.05) is 26.2 Å². The largest absolute Gasteiger partial charge is 0.444 e. The van der Waals surface area contributed by atoms with Crippen LogP contribution in [0.1, 0.15) is 47.5 Å². The Labute approximate surface area is 136 Å². The zero-order chi connectivity index (χ0) is 16.6. The summed E-state index contributed by atoms with van der Waals surface area (Å²) >= 11 is 0. The lowest BCUT2D eigenvalue weighted by Gasteiger charge is -2.33. The first-order valence-electron chi connectivity index (χ1n) is 8.76. The van der Waals surface area contributed by atoms with Gasteiger partial charge in [-0.15, -0.1) is 0 Å². The van der Waals surface area contributed by atoms with Crippen LogP contribution in [0.4, 0.5) is 4.79 Å². The third-order valence-corrected chi connectivity index (χ3v) is 4.20. The molecule has 0 atom stereocenters. The SMILES string of the molecule is CCN(CC)CCNCC1CCN(C(=O)OC(C)(C)C)CC1. The summed E-state index contributed by atoms with van der Waals surface area (Å²) in [7, 11) is 0. The molecule has 0 radical (unpaired) electrons. The van der Waals surface area contributed by atoms with Crippen molar-refractivity contribution in [3.05, 3.63) is 0 Å². The molecular formula is C17H35N3O2. The number of amides is 1. The molecule has 0 aliphatic carbocycles. The number of hydrogen-bond acceptors (Lipinski definition) is 4. The van der Waals surface area contributed by atoms with Crippen molar-refractivity contribution in [3.8, 4) is 0 Å². The first kappa shape index (κ1) is 19.2. The summed E-state index contributed by atoms with van der Waals surface area (Å²) in [5.74, 6) is 0.676. The smallest absolute Gasteiger partial charge is 0.410 e. The number of likely N-dealkylation sites (N-methyl/N-ethyl adjacent to an activating group) is 1. The standard InChI is InChI=1S/C17H35N3O2/c1-6-19(7-2)13-10-18-14-15-8-11-20(12-9-15)16(21)22-17(3,4)5/h15,18H,6-14H2,1-5H3. The van der Waals surface area contributed by atoms with E-state index < -0.39 is 5.60 Å². The van der Waals surface area contributed by atoms with Crippen molar-refractivity contribution in [1.82, 2.24) is 15.1 Å². The van der Waals surface area contributed by atoms with Crippen molar-refractivity contribution in [2.45, 2.75) is 53.1 Å². The second kappa shape index (κ2) is 9.36. The summed E-state index contributed by atoms with van der Waals surface area (Å²) in [4.78, 5) is 16.3. The van der Waals surface area contributed by atoms with Crippen molar-refractivity contribution in [1.29, 1.82) is 0 Å². The molecule has 1 amide bonds. The second-order valence-corrected chi connectivity index (χ2v) is 7.14. The molecule has 22 heavy (non-hydrogen) atoms. The molecule has 130 valence electrons. The highest BCUT2D eigenvalue weighted by molar-refractivity contribution is 5.68. The molecule has 1 rings (SSSR count). The molecule has 1 fully saturated rings. The summed E-state index contributed by atoms with van der Waals surface area (Å²) in [6.07, 6.45) is 1.97. The van der Waals surface area contributed by atoms with Crippen LogP contribution >= 0.6 is 0 Å². The number of likely N-dealkylation sites (tertiary alicyclic amines) is 1. The monoisotopic (exact) mass is 313 g/mol. The molecule has 1 heterocycles. The minimum Gasteiger partial charge on any atom is -0.444 e. The van der Waals surface area contributed by atoms with Gasteiger partial charge in [0.1, 0.15) is 5.60 Å². The Morgan fingerprint density at radius 2 is 1.82 bits per heavy atom. The molecular weight excluding hydrogens is 278 g/mol. The summed E-state index contributed by atoms with van der Waals surface area (Å²) in [5, 5.41) is 3.56. The number of ether oxygens (including phenoxy) is 1. The summed E-state index contributed by atoms with van der Waals surface area (Å²) in [5.41, 5.74) is -0.403. The van der Waals surface area contributed by atoms with Crippen LogP contribution in [0.25, 0.3) is 0 Å². The molecule has 0 bridgehead atoms. The van der Waals surface area contributed by atoms with Crippen LogP contribution in [0, 0.1) is 5.92 Å². The first-order chi connectivity index (χ1) is 10.4. The van der Waals surface area contributed by atoms with Gasteiger partial charge in [-0.1, -0.05) is 13.8 Å². The van der Waals surface area contributed by atoms with E-state index in [1.54, 1.807) is 0 Å². The summed E-state index contributed by atoms with van der Waals surface area (Å²) < 4.78 is 5.43. The molecule has 0 aromatic heterocycles. The Kier molecular flexibility index (Phi) is 8.18. The molecule has 0 unspecified atom stereocenters. The fourth-order valence-corrected chi connectivity index (χ4v) is 2.73. The van der Waals surface area contributed by atoms with Gasteiger partial charge >= 0.3 is 6.09 Å². The highest BCUT2D eigenvalue weighted by Crippen LogP contribution is 2.19. The molecule has 5 heteroatoms. The molecule has 1 aliphatic rings. The number of nitrogens with one attached hydrogen (secondary N) is 1. The average Bonchev–Trinajstić information content (AvgIpc) is 2.46. The summed E-state index contributed by atoms with van der Waals surface area (Å²) in [6.45, 7) is 17.2. The lowest BCUT2D eigenvalue weighted by Crippen LogP contribution is -2.43. The van der Waals surface area contributed by atoms with Gasteiger partial charge < -0.3 is 19.9 Å². The van der Waals surface area contributed by atoms with Gasteiger partial charge in [0.25, 0.3) is 0 Å². The van der Waals surface area contributed by atoms with Crippen LogP contribution in [-0.2, 0) is 4.74 Å². The predicted molar refractivity (Wildman–Crippen MR) is 91.2 cm³/mol.